The molecule has 0 radical (unpaired) electrons. The average Bonchev–Trinajstić information content (AvgIpc) is 2.46. The summed E-state index contributed by atoms with van der Waals surface area (Å²) in [5.41, 5.74) is 9.85. The summed E-state index contributed by atoms with van der Waals surface area (Å²) < 4.78 is 0. The standard InChI is InChI=1S/C18H21N3/c1-15-7-5-11-18(20-15)14-21(2)13-17-9-4-3-8-16(17)10-6-12-19/h3-5,7-9,11H,12-14,19H2,1-2H3. The molecule has 0 saturated carbocycles. The Kier molecular flexibility index (Phi) is 5.51. The van der Waals surface area contributed by atoms with Gasteiger partial charge in [0, 0.05) is 24.3 Å². The zero-order valence-corrected chi connectivity index (χ0v) is 12.6. The van der Waals surface area contributed by atoms with E-state index in [1.165, 1.54) is 5.56 Å². The summed E-state index contributed by atoms with van der Waals surface area (Å²) >= 11 is 0. The van der Waals surface area contributed by atoms with E-state index in [1.807, 2.05) is 37.3 Å². The molecule has 0 saturated heterocycles. The Bertz CT molecular complexity index is 653. The van der Waals surface area contributed by atoms with Gasteiger partial charge in [0.2, 0.25) is 0 Å². The van der Waals surface area contributed by atoms with Crippen LogP contribution in [0.1, 0.15) is 22.5 Å². The Hall–Kier alpha value is -2.15. The van der Waals surface area contributed by atoms with Crippen molar-refractivity contribution in [3.05, 3.63) is 65.0 Å². The van der Waals surface area contributed by atoms with E-state index in [0.717, 1.165) is 30.0 Å². The van der Waals surface area contributed by atoms with Gasteiger partial charge in [0.05, 0.1) is 12.2 Å². The molecule has 21 heavy (non-hydrogen) atoms. The molecule has 2 rings (SSSR count). The van der Waals surface area contributed by atoms with Crippen molar-refractivity contribution in [3.63, 3.8) is 0 Å². The molecule has 0 aliphatic rings. The van der Waals surface area contributed by atoms with Crippen molar-refractivity contribution < 1.29 is 0 Å². The van der Waals surface area contributed by atoms with Gasteiger partial charge in [0.1, 0.15) is 0 Å². The first-order valence-corrected chi connectivity index (χ1v) is 7.07. The third-order valence-corrected chi connectivity index (χ3v) is 3.16. The number of aryl methyl sites for hydroxylation is 1. The molecule has 1 aromatic heterocycles. The van der Waals surface area contributed by atoms with E-state index in [0.29, 0.717) is 6.54 Å². The lowest BCUT2D eigenvalue weighted by Gasteiger charge is -2.17. The van der Waals surface area contributed by atoms with Crippen LogP contribution >= 0.6 is 0 Å². The largest absolute Gasteiger partial charge is 0.320 e. The Morgan fingerprint density at radius 1 is 1.10 bits per heavy atom. The van der Waals surface area contributed by atoms with Crippen LogP contribution in [0.5, 0.6) is 0 Å². The van der Waals surface area contributed by atoms with Crippen LogP contribution in [0.2, 0.25) is 0 Å². The SMILES string of the molecule is Cc1cccc(CN(C)Cc2ccccc2C#CCN)n1. The van der Waals surface area contributed by atoms with Gasteiger partial charge >= 0.3 is 0 Å². The van der Waals surface area contributed by atoms with E-state index in [2.05, 4.69) is 40.9 Å². The van der Waals surface area contributed by atoms with E-state index in [-0.39, 0.29) is 0 Å². The Balaban J connectivity index is 2.07. The van der Waals surface area contributed by atoms with Crippen molar-refractivity contribution in [3.8, 4) is 11.8 Å². The third-order valence-electron chi connectivity index (χ3n) is 3.16. The van der Waals surface area contributed by atoms with Gasteiger partial charge in [-0.1, -0.05) is 36.1 Å². The molecule has 0 amide bonds. The number of hydrogen-bond donors (Lipinski definition) is 1. The molecule has 0 aliphatic heterocycles. The number of hydrogen-bond acceptors (Lipinski definition) is 3. The fourth-order valence-electron chi connectivity index (χ4n) is 2.24. The molecule has 0 fully saturated rings. The highest BCUT2D eigenvalue weighted by atomic mass is 15.1. The lowest BCUT2D eigenvalue weighted by atomic mass is 10.1. The van der Waals surface area contributed by atoms with Crippen molar-refractivity contribution in [2.75, 3.05) is 13.6 Å². The van der Waals surface area contributed by atoms with E-state index in [4.69, 9.17) is 5.73 Å². The fourth-order valence-corrected chi connectivity index (χ4v) is 2.24. The van der Waals surface area contributed by atoms with Crippen molar-refractivity contribution >= 4 is 0 Å². The number of aromatic nitrogens is 1. The van der Waals surface area contributed by atoms with Crippen LogP contribution in [-0.4, -0.2) is 23.5 Å². The first kappa shape index (κ1) is 15.2. The van der Waals surface area contributed by atoms with Gasteiger partial charge < -0.3 is 5.73 Å². The smallest absolute Gasteiger partial charge is 0.0555 e. The molecule has 0 spiro atoms. The summed E-state index contributed by atoms with van der Waals surface area (Å²) in [6, 6.07) is 14.3. The molecule has 3 heteroatoms. The normalized spacial score (nSPS) is 10.3. The van der Waals surface area contributed by atoms with E-state index < -0.39 is 0 Å². The van der Waals surface area contributed by atoms with E-state index >= 15 is 0 Å². The molecule has 0 unspecified atom stereocenters. The summed E-state index contributed by atoms with van der Waals surface area (Å²) in [6.45, 7) is 4.06. The van der Waals surface area contributed by atoms with Gasteiger partial charge in [-0.3, -0.25) is 9.88 Å². The number of nitrogens with zero attached hydrogens (tertiary/aromatic N) is 2. The Morgan fingerprint density at radius 3 is 2.67 bits per heavy atom. The molecule has 2 aromatic rings. The maximum atomic E-state index is 5.45. The number of rotatable bonds is 4. The van der Waals surface area contributed by atoms with Crippen molar-refractivity contribution in [2.45, 2.75) is 20.0 Å². The van der Waals surface area contributed by atoms with Crippen LogP contribution in [-0.2, 0) is 13.1 Å². The summed E-state index contributed by atoms with van der Waals surface area (Å²) in [6.07, 6.45) is 0. The van der Waals surface area contributed by atoms with Crippen LogP contribution in [0.25, 0.3) is 0 Å². The topological polar surface area (TPSA) is 42.1 Å². The van der Waals surface area contributed by atoms with Crippen molar-refractivity contribution in [1.29, 1.82) is 0 Å². The molecule has 0 bridgehead atoms. The maximum Gasteiger partial charge on any atom is 0.0555 e. The van der Waals surface area contributed by atoms with Crippen molar-refractivity contribution in [1.82, 2.24) is 9.88 Å². The second-order valence-electron chi connectivity index (χ2n) is 5.11. The lowest BCUT2D eigenvalue weighted by molar-refractivity contribution is 0.314. The van der Waals surface area contributed by atoms with E-state index in [1.54, 1.807) is 0 Å². The lowest BCUT2D eigenvalue weighted by Crippen LogP contribution is -2.18. The van der Waals surface area contributed by atoms with Gasteiger partial charge in [-0.2, -0.15) is 0 Å². The summed E-state index contributed by atoms with van der Waals surface area (Å²) in [5.74, 6) is 6.06. The summed E-state index contributed by atoms with van der Waals surface area (Å²) in [4.78, 5) is 6.78. The average molecular weight is 279 g/mol. The highest BCUT2D eigenvalue weighted by molar-refractivity contribution is 5.41. The third kappa shape index (κ3) is 4.71. The molecule has 2 N–H and O–H groups in total. The molecule has 1 aromatic carbocycles. The van der Waals surface area contributed by atoms with E-state index in [9.17, 15) is 0 Å². The molecule has 0 atom stereocenters. The zero-order chi connectivity index (χ0) is 15.1. The Labute approximate surface area is 126 Å². The first-order chi connectivity index (χ1) is 10.2. The maximum absolute atomic E-state index is 5.45. The number of benzene rings is 1. The second kappa shape index (κ2) is 7.58. The van der Waals surface area contributed by atoms with Gasteiger partial charge in [-0.15, -0.1) is 0 Å². The van der Waals surface area contributed by atoms with Crippen molar-refractivity contribution in [2.24, 2.45) is 5.73 Å². The number of nitrogens with two attached hydrogens (primary N) is 1. The van der Waals surface area contributed by atoms with Crippen LogP contribution in [0.3, 0.4) is 0 Å². The molecular weight excluding hydrogens is 258 g/mol. The minimum Gasteiger partial charge on any atom is -0.320 e. The predicted molar refractivity (Wildman–Crippen MR) is 86.5 cm³/mol. The molecular formula is C18H21N3. The minimum absolute atomic E-state index is 0.386. The minimum atomic E-state index is 0.386. The molecule has 0 aliphatic carbocycles. The monoisotopic (exact) mass is 279 g/mol. The van der Waals surface area contributed by atoms with Crippen LogP contribution < -0.4 is 5.73 Å². The highest BCUT2D eigenvalue weighted by Crippen LogP contribution is 2.11. The highest BCUT2D eigenvalue weighted by Gasteiger charge is 2.05. The van der Waals surface area contributed by atoms with Crippen LogP contribution in [0, 0.1) is 18.8 Å². The quantitative estimate of drug-likeness (QED) is 0.873. The van der Waals surface area contributed by atoms with Gasteiger partial charge in [-0.05, 0) is 37.7 Å². The zero-order valence-electron chi connectivity index (χ0n) is 12.6. The summed E-state index contributed by atoms with van der Waals surface area (Å²) in [5, 5.41) is 0. The fraction of sp³-hybridized carbons (Fsp3) is 0.278. The Morgan fingerprint density at radius 2 is 1.90 bits per heavy atom. The molecule has 3 nitrogen and oxygen atoms in total. The summed E-state index contributed by atoms with van der Waals surface area (Å²) in [7, 11) is 2.09. The van der Waals surface area contributed by atoms with Gasteiger partial charge in [0.15, 0.2) is 0 Å². The molecule has 108 valence electrons. The second-order valence-corrected chi connectivity index (χ2v) is 5.11. The van der Waals surface area contributed by atoms with Gasteiger partial charge in [0.25, 0.3) is 0 Å². The molecule has 1 heterocycles. The number of pyridine rings is 1. The first-order valence-electron chi connectivity index (χ1n) is 7.07. The van der Waals surface area contributed by atoms with Crippen LogP contribution in [0.4, 0.5) is 0 Å². The predicted octanol–water partition coefficient (Wildman–Crippen LogP) is 2.33. The van der Waals surface area contributed by atoms with Gasteiger partial charge in [-0.25, -0.2) is 0 Å². The van der Waals surface area contributed by atoms with Crippen LogP contribution in [0.15, 0.2) is 42.5 Å².